The number of furan rings is 1. The lowest BCUT2D eigenvalue weighted by molar-refractivity contribution is -0.117. The van der Waals surface area contributed by atoms with Crippen LogP contribution in [0.15, 0.2) is 82.5 Å². The average molecular weight is 571 g/mol. The van der Waals surface area contributed by atoms with Crippen LogP contribution in [0.5, 0.6) is 17.2 Å². The quantitative estimate of drug-likeness (QED) is 0.197. The molecule has 2 aromatic heterocycles. The minimum atomic E-state index is -0.965. The maximum absolute atomic E-state index is 14.0. The van der Waals surface area contributed by atoms with Crippen LogP contribution in [0.2, 0.25) is 0 Å². The van der Waals surface area contributed by atoms with Crippen LogP contribution in [0.3, 0.4) is 0 Å². The van der Waals surface area contributed by atoms with E-state index in [0.29, 0.717) is 57.6 Å². The molecule has 1 N–H and O–H groups in total. The van der Waals surface area contributed by atoms with Gasteiger partial charge in [-0.25, -0.2) is 4.98 Å². The number of benzene rings is 3. The van der Waals surface area contributed by atoms with E-state index in [9.17, 15) is 14.7 Å². The highest BCUT2D eigenvalue weighted by Gasteiger charge is 2.46. The number of rotatable bonds is 9. The number of hydrogen-bond donors (Lipinski definition) is 1. The highest BCUT2D eigenvalue weighted by atomic mass is 32.1. The number of ketones is 1. The third-order valence-corrected chi connectivity index (χ3v) is 7.79. The van der Waals surface area contributed by atoms with Gasteiger partial charge in [0.2, 0.25) is 5.78 Å². The van der Waals surface area contributed by atoms with Gasteiger partial charge < -0.3 is 23.7 Å². The molecule has 1 amide bonds. The van der Waals surface area contributed by atoms with Crippen molar-refractivity contribution < 1.29 is 33.3 Å². The van der Waals surface area contributed by atoms with Crippen LogP contribution < -0.4 is 19.1 Å². The average Bonchev–Trinajstić information content (AvgIpc) is 3.67. The summed E-state index contributed by atoms with van der Waals surface area (Å²) in [5.74, 6) is -0.241. The second-order valence-electron chi connectivity index (χ2n) is 9.22. The number of aliphatic hydroxyl groups excluding tert-OH is 1. The Morgan fingerprint density at radius 1 is 1.02 bits per heavy atom. The first-order valence-corrected chi connectivity index (χ1v) is 13.9. The number of Topliss-reactive ketones (excluding diaryl/α,β-unsaturated/α-hetero) is 1. The minimum Gasteiger partial charge on any atom is -0.503 e. The number of aliphatic hydroxyl groups is 1. The van der Waals surface area contributed by atoms with Crippen molar-refractivity contribution in [2.45, 2.75) is 19.9 Å². The van der Waals surface area contributed by atoms with Gasteiger partial charge in [-0.3, -0.25) is 14.5 Å². The Labute approximate surface area is 239 Å². The zero-order valence-electron chi connectivity index (χ0n) is 22.5. The lowest BCUT2D eigenvalue weighted by atomic mass is 9.95. The number of hydrogen-bond acceptors (Lipinski definition) is 9. The molecule has 3 heterocycles. The summed E-state index contributed by atoms with van der Waals surface area (Å²) in [6.07, 6.45) is 0. The van der Waals surface area contributed by atoms with Gasteiger partial charge in [-0.2, -0.15) is 0 Å². The minimum absolute atomic E-state index is 0.0257. The molecule has 0 saturated heterocycles. The summed E-state index contributed by atoms with van der Waals surface area (Å²) in [5.41, 5.74) is 1.55. The van der Waals surface area contributed by atoms with E-state index in [1.165, 1.54) is 23.3 Å². The first-order chi connectivity index (χ1) is 19.9. The molecule has 1 aliphatic rings. The number of para-hydroxylation sites is 1. The summed E-state index contributed by atoms with van der Waals surface area (Å²) >= 11 is 1.27. The fourth-order valence-electron chi connectivity index (χ4n) is 4.96. The zero-order valence-corrected chi connectivity index (χ0v) is 23.4. The number of ether oxygens (including phenoxy) is 3. The molecule has 0 spiro atoms. The van der Waals surface area contributed by atoms with E-state index in [1.807, 2.05) is 32.0 Å². The SMILES string of the molecule is CCOc1ccc(C2C(C(=O)c3cc4cccc(OC)c4o3)=C(O)C(=O)N2c2nc3ccc(OCC)cc3s2)cc1. The van der Waals surface area contributed by atoms with Crippen LogP contribution in [-0.4, -0.2) is 42.1 Å². The summed E-state index contributed by atoms with van der Waals surface area (Å²) in [6, 6.07) is 18.5. The Morgan fingerprint density at radius 2 is 1.76 bits per heavy atom. The van der Waals surface area contributed by atoms with E-state index in [1.54, 1.807) is 48.5 Å². The van der Waals surface area contributed by atoms with Crippen molar-refractivity contribution in [3.8, 4) is 17.2 Å². The molecule has 1 atom stereocenters. The van der Waals surface area contributed by atoms with Crippen molar-refractivity contribution in [3.63, 3.8) is 0 Å². The van der Waals surface area contributed by atoms with Gasteiger partial charge in [0, 0.05) is 5.39 Å². The van der Waals surface area contributed by atoms with Crippen molar-refractivity contribution in [2.24, 2.45) is 0 Å². The van der Waals surface area contributed by atoms with Gasteiger partial charge >= 0.3 is 0 Å². The van der Waals surface area contributed by atoms with Gasteiger partial charge in [0.1, 0.15) is 11.5 Å². The van der Waals surface area contributed by atoms with Gasteiger partial charge in [0.15, 0.2) is 28.0 Å². The van der Waals surface area contributed by atoms with Gasteiger partial charge in [-0.15, -0.1) is 0 Å². The predicted octanol–water partition coefficient (Wildman–Crippen LogP) is 6.63. The molecular weight excluding hydrogens is 544 g/mol. The number of fused-ring (bicyclic) bond motifs is 2. The number of amides is 1. The zero-order chi connectivity index (χ0) is 28.7. The molecule has 9 nitrogen and oxygen atoms in total. The van der Waals surface area contributed by atoms with Gasteiger partial charge in [-0.1, -0.05) is 35.6 Å². The second kappa shape index (κ2) is 10.6. The van der Waals surface area contributed by atoms with Crippen LogP contribution in [-0.2, 0) is 4.79 Å². The number of nitrogens with zero attached hydrogens (tertiary/aromatic N) is 2. The number of anilines is 1. The van der Waals surface area contributed by atoms with E-state index < -0.39 is 23.5 Å². The maximum Gasteiger partial charge on any atom is 0.296 e. The molecule has 10 heteroatoms. The normalized spacial score (nSPS) is 15.2. The molecule has 0 radical (unpaired) electrons. The molecule has 5 aromatic rings. The molecule has 0 saturated carbocycles. The molecule has 0 fully saturated rings. The maximum atomic E-state index is 14.0. The summed E-state index contributed by atoms with van der Waals surface area (Å²) in [6.45, 7) is 4.79. The molecule has 1 aliphatic heterocycles. The van der Waals surface area contributed by atoms with Crippen LogP contribution in [0.4, 0.5) is 5.13 Å². The van der Waals surface area contributed by atoms with Crippen molar-refractivity contribution in [2.75, 3.05) is 25.2 Å². The lowest BCUT2D eigenvalue weighted by Crippen LogP contribution is -2.30. The molecule has 0 aliphatic carbocycles. The standard InChI is InChI=1S/C31H26N2O7S/c1-4-38-19-11-9-17(10-12-19)26-25(27(34)23-15-18-7-6-8-22(37-3)29(18)40-23)28(35)30(36)33(26)31-32-21-14-13-20(39-5-2)16-24(21)41-31/h6-16,26,35H,4-5H2,1-3H3. The third kappa shape index (κ3) is 4.55. The van der Waals surface area contributed by atoms with E-state index >= 15 is 0 Å². The molecule has 1 unspecified atom stereocenters. The Bertz CT molecular complexity index is 1820. The summed E-state index contributed by atoms with van der Waals surface area (Å²) in [7, 11) is 1.51. The number of thiazole rings is 1. The number of carbonyl (C=O) groups is 2. The van der Waals surface area contributed by atoms with Gasteiger partial charge in [0.05, 0.1) is 42.2 Å². The summed E-state index contributed by atoms with van der Waals surface area (Å²) in [5, 5.41) is 12.2. The topological polar surface area (TPSA) is 111 Å². The monoisotopic (exact) mass is 570 g/mol. The lowest BCUT2D eigenvalue weighted by Gasteiger charge is -2.24. The molecule has 208 valence electrons. The Kier molecular flexibility index (Phi) is 6.84. The van der Waals surface area contributed by atoms with Crippen LogP contribution >= 0.6 is 11.3 Å². The smallest absolute Gasteiger partial charge is 0.296 e. The Balaban J connectivity index is 1.47. The van der Waals surface area contributed by atoms with Gasteiger partial charge in [-0.05, 0) is 61.9 Å². The van der Waals surface area contributed by atoms with Crippen molar-refractivity contribution in [1.29, 1.82) is 0 Å². The summed E-state index contributed by atoms with van der Waals surface area (Å²) in [4.78, 5) is 33.7. The molecule has 3 aromatic carbocycles. The molecule has 6 rings (SSSR count). The van der Waals surface area contributed by atoms with Crippen LogP contribution in [0.1, 0.15) is 36.0 Å². The molecular formula is C31H26N2O7S. The second-order valence-corrected chi connectivity index (χ2v) is 10.2. The number of carbonyl (C=O) groups excluding carboxylic acids is 2. The number of aromatic nitrogens is 1. The van der Waals surface area contributed by atoms with Gasteiger partial charge in [0.25, 0.3) is 5.91 Å². The summed E-state index contributed by atoms with van der Waals surface area (Å²) < 4.78 is 23.3. The fourth-order valence-corrected chi connectivity index (χ4v) is 5.98. The van der Waals surface area contributed by atoms with Crippen molar-refractivity contribution in [3.05, 3.63) is 89.4 Å². The highest BCUT2D eigenvalue weighted by Crippen LogP contribution is 2.45. The highest BCUT2D eigenvalue weighted by molar-refractivity contribution is 7.22. The van der Waals surface area contributed by atoms with Crippen molar-refractivity contribution >= 4 is 49.3 Å². The van der Waals surface area contributed by atoms with Crippen LogP contribution in [0.25, 0.3) is 21.2 Å². The third-order valence-electron chi connectivity index (χ3n) is 6.78. The Hall–Kier alpha value is -4.83. The largest absolute Gasteiger partial charge is 0.503 e. The first kappa shape index (κ1) is 26.4. The predicted molar refractivity (Wildman–Crippen MR) is 155 cm³/mol. The molecule has 41 heavy (non-hydrogen) atoms. The number of methoxy groups -OCH3 is 1. The van der Waals surface area contributed by atoms with E-state index in [4.69, 9.17) is 18.6 Å². The molecule has 0 bridgehead atoms. The van der Waals surface area contributed by atoms with Crippen molar-refractivity contribution in [1.82, 2.24) is 4.98 Å². The Morgan fingerprint density at radius 3 is 2.49 bits per heavy atom. The van der Waals surface area contributed by atoms with E-state index in [0.717, 1.165) is 4.70 Å². The van der Waals surface area contributed by atoms with E-state index in [2.05, 4.69) is 4.98 Å². The first-order valence-electron chi connectivity index (χ1n) is 13.1. The van der Waals surface area contributed by atoms with E-state index in [-0.39, 0.29) is 11.3 Å². The van der Waals surface area contributed by atoms with Crippen LogP contribution in [0, 0.1) is 0 Å². The fraction of sp³-hybridized carbons (Fsp3) is 0.194.